The Balaban J connectivity index is 1.64. The topological polar surface area (TPSA) is 127 Å². The highest BCUT2D eigenvalue weighted by Gasteiger charge is 2.26. The van der Waals surface area contributed by atoms with E-state index in [1.165, 1.54) is 17.3 Å². The number of carbonyl (C=O) groups excluding carboxylic acids is 2. The highest BCUT2D eigenvalue weighted by Crippen LogP contribution is 2.28. The predicted octanol–water partition coefficient (Wildman–Crippen LogP) is 3.36. The summed E-state index contributed by atoms with van der Waals surface area (Å²) in [5, 5.41) is 3.96. The molecule has 4 heterocycles. The van der Waals surface area contributed by atoms with Crippen molar-refractivity contribution in [3.05, 3.63) is 66.9 Å². The highest BCUT2D eigenvalue weighted by atomic mass is 16.2. The number of aromatic nitrogens is 4. The van der Waals surface area contributed by atoms with Crippen molar-refractivity contribution in [3.63, 3.8) is 0 Å². The number of carbonyl (C=O) groups is 2. The number of rotatable bonds is 4. The van der Waals surface area contributed by atoms with E-state index in [0.717, 1.165) is 16.5 Å². The number of nitrogens with one attached hydrogen (secondary N) is 1. The zero-order chi connectivity index (χ0) is 23.5. The molecule has 0 aromatic carbocycles. The van der Waals surface area contributed by atoms with Gasteiger partial charge in [0.2, 0.25) is 0 Å². The van der Waals surface area contributed by atoms with Crippen LogP contribution >= 0.6 is 0 Å². The molecule has 0 saturated carbocycles. The number of aryl methyl sites for hydroxylation is 1. The molecule has 4 rings (SSSR count). The van der Waals surface area contributed by atoms with Crippen LogP contribution < -0.4 is 16.0 Å². The van der Waals surface area contributed by atoms with Crippen LogP contribution in [0.1, 0.15) is 19.4 Å². The van der Waals surface area contributed by atoms with Crippen LogP contribution in [0.2, 0.25) is 0 Å². The number of nitrogens with two attached hydrogens (primary N) is 1. The lowest BCUT2D eigenvalue weighted by Gasteiger charge is -2.25. The van der Waals surface area contributed by atoms with E-state index in [1.807, 2.05) is 32.9 Å². The lowest BCUT2D eigenvalue weighted by atomic mass is 10.1. The van der Waals surface area contributed by atoms with Gasteiger partial charge < -0.3 is 16.0 Å². The van der Waals surface area contributed by atoms with Crippen LogP contribution in [-0.4, -0.2) is 37.8 Å². The summed E-state index contributed by atoms with van der Waals surface area (Å²) < 4.78 is 0. The van der Waals surface area contributed by atoms with Gasteiger partial charge in [-0.25, -0.2) is 9.97 Å². The van der Waals surface area contributed by atoms with Crippen molar-refractivity contribution in [1.82, 2.24) is 19.9 Å². The molecule has 3 N–H and O–H groups in total. The van der Waals surface area contributed by atoms with Crippen molar-refractivity contribution in [3.8, 4) is 11.3 Å². The zero-order valence-corrected chi connectivity index (χ0v) is 18.5. The monoisotopic (exact) mass is 441 g/mol. The van der Waals surface area contributed by atoms with Crippen LogP contribution in [0.25, 0.3) is 22.0 Å². The van der Waals surface area contributed by atoms with Crippen LogP contribution in [0.15, 0.2) is 61.3 Å². The van der Waals surface area contributed by atoms with Gasteiger partial charge in [0.15, 0.2) is 0 Å². The van der Waals surface area contributed by atoms with Crippen molar-refractivity contribution in [2.45, 2.75) is 26.8 Å². The molecule has 0 aliphatic carbocycles. The molecule has 0 atom stereocenters. The van der Waals surface area contributed by atoms with E-state index >= 15 is 0 Å². The fourth-order valence-electron chi connectivity index (χ4n) is 3.54. The lowest BCUT2D eigenvalue weighted by Crippen LogP contribution is -2.44. The second kappa shape index (κ2) is 8.99. The molecule has 9 heteroatoms. The number of hydrogen-bond donors (Lipinski definition) is 2. The van der Waals surface area contributed by atoms with E-state index in [4.69, 9.17) is 5.73 Å². The van der Waals surface area contributed by atoms with Crippen LogP contribution in [0.5, 0.6) is 0 Å². The third-order valence-electron chi connectivity index (χ3n) is 5.16. The largest absolute Gasteiger partial charge is 0.383 e. The highest BCUT2D eigenvalue weighted by molar-refractivity contribution is 6.44. The summed E-state index contributed by atoms with van der Waals surface area (Å²) in [4.78, 5) is 44.0. The van der Waals surface area contributed by atoms with Gasteiger partial charge in [0.05, 0.1) is 17.6 Å². The summed E-state index contributed by atoms with van der Waals surface area (Å²) >= 11 is 0. The fourth-order valence-corrected chi connectivity index (χ4v) is 3.54. The molecule has 0 aliphatic rings. The van der Waals surface area contributed by atoms with Gasteiger partial charge in [-0.05, 0) is 62.1 Å². The van der Waals surface area contributed by atoms with Crippen LogP contribution in [0.3, 0.4) is 0 Å². The van der Waals surface area contributed by atoms with Crippen LogP contribution in [-0.2, 0) is 9.59 Å². The Morgan fingerprint density at radius 1 is 1.06 bits per heavy atom. The van der Waals surface area contributed by atoms with Crippen LogP contribution in [0.4, 0.5) is 17.3 Å². The van der Waals surface area contributed by atoms with Gasteiger partial charge in [-0.1, -0.05) is 0 Å². The molecule has 166 valence electrons. The Bertz CT molecular complexity index is 1340. The summed E-state index contributed by atoms with van der Waals surface area (Å²) in [5.74, 6) is -0.962. The molecule has 0 unspecified atom stereocenters. The number of hydrogen-bond acceptors (Lipinski definition) is 7. The summed E-state index contributed by atoms with van der Waals surface area (Å²) in [6.45, 7) is 5.61. The first-order valence-corrected chi connectivity index (χ1v) is 10.4. The maximum Gasteiger partial charge on any atom is 0.316 e. The average Bonchev–Trinajstić information content (AvgIpc) is 2.79. The molecule has 0 saturated heterocycles. The first-order chi connectivity index (χ1) is 15.8. The summed E-state index contributed by atoms with van der Waals surface area (Å²) in [6.07, 6.45) is 8.11. The van der Waals surface area contributed by atoms with Gasteiger partial charge >= 0.3 is 11.8 Å². The average molecular weight is 441 g/mol. The number of anilines is 3. The van der Waals surface area contributed by atoms with Crippen molar-refractivity contribution < 1.29 is 9.59 Å². The molecule has 2 amide bonds. The maximum absolute atomic E-state index is 12.9. The predicted molar refractivity (Wildman–Crippen MR) is 127 cm³/mol. The van der Waals surface area contributed by atoms with E-state index in [1.54, 1.807) is 36.8 Å². The van der Waals surface area contributed by atoms with Gasteiger partial charge in [0.1, 0.15) is 11.6 Å². The van der Waals surface area contributed by atoms with E-state index in [0.29, 0.717) is 22.6 Å². The first-order valence-electron chi connectivity index (χ1n) is 10.4. The smallest absolute Gasteiger partial charge is 0.316 e. The van der Waals surface area contributed by atoms with Gasteiger partial charge in [-0.15, -0.1) is 0 Å². The number of fused-ring (bicyclic) bond motifs is 1. The fraction of sp³-hybridized carbons (Fsp3) is 0.167. The third kappa shape index (κ3) is 4.47. The minimum absolute atomic E-state index is 0.232. The molecule has 4 aromatic rings. The van der Waals surface area contributed by atoms with Gasteiger partial charge in [0, 0.05) is 41.8 Å². The molecule has 0 radical (unpaired) electrons. The minimum Gasteiger partial charge on any atom is -0.383 e. The van der Waals surface area contributed by atoms with Crippen molar-refractivity contribution >= 4 is 39.9 Å². The molecule has 9 nitrogen and oxygen atoms in total. The van der Waals surface area contributed by atoms with Gasteiger partial charge in [0.25, 0.3) is 0 Å². The summed E-state index contributed by atoms with van der Waals surface area (Å²) in [5.41, 5.74) is 9.21. The second-order valence-electron chi connectivity index (χ2n) is 7.81. The Kier molecular flexibility index (Phi) is 5.95. The lowest BCUT2D eigenvalue weighted by molar-refractivity contribution is -0.134. The van der Waals surface area contributed by atoms with Crippen molar-refractivity contribution in [2.24, 2.45) is 0 Å². The third-order valence-corrected chi connectivity index (χ3v) is 5.16. The van der Waals surface area contributed by atoms with Crippen molar-refractivity contribution in [1.29, 1.82) is 0 Å². The van der Waals surface area contributed by atoms with E-state index < -0.39 is 11.8 Å². The van der Waals surface area contributed by atoms with Gasteiger partial charge in [-0.2, -0.15) is 0 Å². The molecule has 0 aliphatic heterocycles. The minimum atomic E-state index is -0.801. The summed E-state index contributed by atoms with van der Waals surface area (Å²) in [6, 6.07) is 8.60. The number of nitrogen functional groups attached to an aromatic ring is 1. The Morgan fingerprint density at radius 2 is 1.85 bits per heavy atom. The molecule has 0 spiro atoms. The van der Waals surface area contributed by atoms with Crippen LogP contribution in [0, 0.1) is 6.92 Å². The SMILES string of the molecule is Cc1ccncc1-c1cc2cc(NC(=O)C(=O)N(c3cccnc3)C(C)C)ncc2c(N)n1. The first kappa shape index (κ1) is 21.8. The molecule has 0 bridgehead atoms. The maximum atomic E-state index is 12.9. The van der Waals surface area contributed by atoms with E-state index in [9.17, 15) is 9.59 Å². The van der Waals surface area contributed by atoms with Crippen molar-refractivity contribution in [2.75, 3.05) is 16.0 Å². The molecule has 0 fully saturated rings. The number of amides is 2. The second-order valence-corrected chi connectivity index (χ2v) is 7.81. The Hall–Kier alpha value is -4.40. The summed E-state index contributed by atoms with van der Waals surface area (Å²) in [7, 11) is 0. The zero-order valence-electron chi connectivity index (χ0n) is 18.5. The number of pyridine rings is 4. The van der Waals surface area contributed by atoms with E-state index in [-0.39, 0.29) is 11.9 Å². The molecule has 4 aromatic heterocycles. The quantitative estimate of drug-likeness (QED) is 0.465. The molecule has 33 heavy (non-hydrogen) atoms. The Labute approximate surface area is 190 Å². The van der Waals surface area contributed by atoms with E-state index in [2.05, 4.69) is 25.3 Å². The number of nitrogens with zero attached hydrogens (tertiary/aromatic N) is 5. The molecular formula is C24H23N7O2. The standard InChI is InChI=1S/C24H23N7O2/c1-14(2)31(17-5-4-7-26-11-17)24(33)23(32)30-21-10-16-9-20(18-12-27-8-6-15(18)3)29-22(25)19(16)13-28-21/h4-14H,1-3H3,(H2,25,29)(H,28,30,32). The Morgan fingerprint density at radius 3 is 2.55 bits per heavy atom. The normalized spacial score (nSPS) is 10.9. The van der Waals surface area contributed by atoms with Gasteiger partial charge in [-0.3, -0.25) is 19.6 Å². The molecular weight excluding hydrogens is 418 g/mol.